The van der Waals surface area contributed by atoms with Crippen LogP contribution in [-0.4, -0.2) is 6.54 Å². The summed E-state index contributed by atoms with van der Waals surface area (Å²) in [7, 11) is 0. The van der Waals surface area contributed by atoms with Crippen molar-refractivity contribution >= 4 is 11.8 Å². The molecule has 21 heavy (non-hydrogen) atoms. The lowest BCUT2D eigenvalue weighted by Gasteiger charge is -2.07. The molecule has 0 saturated heterocycles. The van der Waals surface area contributed by atoms with Gasteiger partial charge in [0.25, 0.3) is 0 Å². The molecular formula is C16H16F3NS. The molecule has 1 N–H and O–H groups in total. The molecule has 0 fully saturated rings. The van der Waals surface area contributed by atoms with E-state index in [1.807, 2.05) is 6.07 Å². The molecule has 0 aliphatic heterocycles. The number of halogens is 3. The monoisotopic (exact) mass is 311 g/mol. The van der Waals surface area contributed by atoms with E-state index in [-0.39, 0.29) is 5.82 Å². The molecule has 1 nitrogen and oxygen atoms in total. The molecule has 5 heteroatoms. The van der Waals surface area contributed by atoms with Crippen LogP contribution in [0, 0.1) is 17.5 Å². The van der Waals surface area contributed by atoms with E-state index in [0.29, 0.717) is 16.3 Å². The lowest BCUT2D eigenvalue weighted by molar-refractivity contribution is 0.506. The van der Waals surface area contributed by atoms with Crippen molar-refractivity contribution < 1.29 is 13.2 Å². The molecule has 2 aromatic carbocycles. The van der Waals surface area contributed by atoms with Crippen LogP contribution in [0.15, 0.2) is 46.2 Å². The Kier molecular flexibility index (Phi) is 5.70. The lowest BCUT2D eigenvalue weighted by Crippen LogP contribution is -2.13. The summed E-state index contributed by atoms with van der Waals surface area (Å²) < 4.78 is 40.0. The topological polar surface area (TPSA) is 12.0 Å². The summed E-state index contributed by atoms with van der Waals surface area (Å²) in [5.74, 6) is -2.20. The highest BCUT2D eigenvalue weighted by Gasteiger charge is 2.08. The second kappa shape index (κ2) is 7.52. The van der Waals surface area contributed by atoms with Crippen molar-refractivity contribution in [3.05, 3.63) is 59.4 Å². The van der Waals surface area contributed by atoms with Crippen LogP contribution in [0.4, 0.5) is 13.2 Å². The Morgan fingerprint density at radius 2 is 1.76 bits per heavy atom. The van der Waals surface area contributed by atoms with Crippen LogP contribution in [0.3, 0.4) is 0 Å². The van der Waals surface area contributed by atoms with Gasteiger partial charge in [0.1, 0.15) is 5.82 Å². The van der Waals surface area contributed by atoms with E-state index in [4.69, 9.17) is 0 Å². The Morgan fingerprint density at radius 1 is 0.952 bits per heavy atom. The van der Waals surface area contributed by atoms with Crippen LogP contribution in [-0.2, 0) is 6.54 Å². The van der Waals surface area contributed by atoms with Crippen LogP contribution < -0.4 is 5.32 Å². The fraction of sp³-hybridized carbons (Fsp3) is 0.250. The zero-order chi connectivity index (χ0) is 15.2. The molecule has 0 spiro atoms. The third-order valence-electron chi connectivity index (χ3n) is 2.87. The molecule has 0 aliphatic carbocycles. The van der Waals surface area contributed by atoms with Gasteiger partial charge in [-0.3, -0.25) is 0 Å². The SMILES string of the molecule is CCCNCc1ccc(Sc2ccc(F)c(F)c2)c(F)c1. The van der Waals surface area contributed by atoms with Gasteiger partial charge >= 0.3 is 0 Å². The Morgan fingerprint density at radius 3 is 2.43 bits per heavy atom. The predicted octanol–water partition coefficient (Wildman–Crippen LogP) is 4.75. The molecule has 0 aromatic heterocycles. The maximum atomic E-state index is 14.0. The van der Waals surface area contributed by atoms with E-state index in [1.54, 1.807) is 6.07 Å². The van der Waals surface area contributed by atoms with Crippen molar-refractivity contribution in [3.8, 4) is 0 Å². The fourth-order valence-corrected chi connectivity index (χ4v) is 2.66. The average molecular weight is 311 g/mol. The van der Waals surface area contributed by atoms with Crippen molar-refractivity contribution in [2.75, 3.05) is 6.54 Å². The molecule has 2 rings (SSSR count). The number of benzene rings is 2. The number of hydrogen-bond acceptors (Lipinski definition) is 2. The first-order valence-corrected chi connectivity index (χ1v) is 7.54. The number of hydrogen-bond donors (Lipinski definition) is 1. The summed E-state index contributed by atoms with van der Waals surface area (Å²) in [6, 6.07) is 8.48. The first kappa shape index (κ1) is 15.9. The Balaban J connectivity index is 2.08. The molecule has 2 aromatic rings. The molecule has 0 bridgehead atoms. The number of nitrogens with one attached hydrogen (secondary N) is 1. The Bertz CT molecular complexity index is 616. The largest absolute Gasteiger partial charge is 0.313 e. The third kappa shape index (κ3) is 4.51. The summed E-state index contributed by atoms with van der Waals surface area (Å²) in [6.45, 7) is 3.56. The molecule has 112 valence electrons. The molecule has 0 aliphatic rings. The highest BCUT2D eigenvalue weighted by Crippen LogP contribution is 2.31. The van der Waals surface area contributed by atoms with Gasteiger partial charge < -0.3 is 5.32 Å². The summed E-state index contributed by atoms with van der Waals surface area (Å²) in [4.78, 5) is 0.852. The van der Waals surface area contributed by atoms with E-state index < -0.39 is 11.6 Å². The normalized spacial score (nSPS) is 10.9. The number of rotatable bonds is 6. The molecular weight excluding hydrogens is 295 g/mol. The van der Waals surface area contributed by atoms with Crippen LogP contribution in [0.2, 0.25) is 0 Å². The highest BCUT2D eigenvalue weighted by molar-refractivity contribution is 7.99. The van der Waals surface area contributed by atoms with Crippen molar-refractivity contribution in [1.29, 1.82) is 0 Å². The fourth-order valence-electron chi connectivity index (χ4n) is 1.81. The average Bonchev–Trinajstić information content (AvgIpc) is 2.46. The first-order valence-electron chi connectivity index (χ1n) is 6.72. The van der Waals surface area contributed by atoms with E-state index in [1.165, 1.54) is 12.1 Å². The molecule has 0 amide bonds. The zero-order valence-electron chi connectivity index (χ0n) is 11.6. The van der Waals surface area contributed by atoms with Gasteiger partial charge in [-0.1, -0.05) is 24.8 Å². The van der Waals surface area contributed by atoms with E-state index >= 15 is 0 Å². The van der Waals surface area contributed by atoms with Crippen molar-refractivity contribution in [3.63, 3.8) is 0 Å². The molecule has 0 unspecified atom stereocenters. The van der Waals surface area contributed by atoms with Gasteiger partial charge in [-0.25, -0.2) is 13.2 Å². The van der Waals surface area contributed by atoms with Crippen LogP contribution in [0.25, 0.3) is 0 Å². The Hall–Kier alpha value is -1.46. The van der Waals surface area contributed by atoms with Gasteiger partial charge in [0.05, 0.1) is 0 Å². The zero-order valence-corrected chi connectivity index (χ0v) is 12.4. The third-order valence-corrected chi connectivity index (χ3v) is 3.91. The minimum Gasteiger partial charge on any atom is -0.313 e. The maximum Gasteiger partial charge on any atom is 0.159 e. The maximum absolute atomic E-state index is 14.0. The van der Waals surface area contributed by atoms with Crippen molar-refractivity contribution in [2.24, 2.45) is 0 Å². The predicted molar refractivity (Wildman–Crippen MR) is 78.9 cm³/mol. The summed E-state index contributed by atoms with van der Waals surface area (Å²) in [6.07, 6.45) is 1.02. The van der Waals surface area contributed by atoms with E-state index in [0.717, 1.165) is 42.4 Å². The van der Waals surface area contributed by atoms with E-state index in [2.05, 4.69) is 12.2 Å². The summed E-state index contributed by atoms with van der Waals surface area (Å²) in [5.41, 5.74) is 0.857. The van der Waals surface area contributed by atoms with Crippen LogP contribution in [0.1, 0.15) is 18.9 Å². The Labute approximate surface area is 126 Å². The second-order valence-corrected chi connectivity index (χ2v) is 5.73. The molecule has 0 atom stereocenters. The van der Waals surface area contributed by atoms with Gasteiger partial charge in [-0.05, 0) is 48.9 Å². The quantitative estimate of drug-likeness (QED) is 0.772. The van der Waals surface area contributed by atoms with Gasteiger partial charge in [0, 0.05) is 16.3 Å². The van der Waals surface area contributed by atoms with Crippen LogP contribution in [0.5, 0.6) is 0 Å². The smallest absolute Gasteiger partial charge is 0.159 e. The summed E-state index contributed by atoms with van der Waals surface area (Å²) in [5, 5.41) is 3.20. The first-order chi connectivity index (χ1) is 10.1. The minimum atomic E-state index is -0.930. The second-order valence-electron chi connectivity index (χ2n) is 4.62. The highest BCUT2D eigenvalue weighted by atomic mass is 32.2. The van der Waals surface area contributed by atoms with Gasteiger partial charge in [-0.15, -0.1) is 0 Å². The standard InChI is InChI=1S/C16H16F3NS/c1-2-7-20-10-11-3-6-16(15(19)8-11)21-12-4-5-13(17)14(18)9-12/h3-6,8-9,20H,2,7,10H2,1H3. The van der Waals surface area contributed by atoms with Crippen molar-refractivity contribution in [2.45, 2.75) is 29.7 Å². The van der Waals surface area contributed by atoms with Gasteiger partial charge in [-0.2, -0.15) is 0 Å². The summed E-state index contributed by atoms with van der Waals surface area (Å²) >= 11 is 1.07. The van der Waals surface area contributed by atoms with Crippen LogP contribution >= 0.6 is 11.8 Å². The molecule has 0 heterocycles. The lowest BCUT2D eigenvalue weighted by atomic mass is 10.2. The van der Waals surface area contributed by atoms with Gasteiger partial charge in [0.15, 0.2) is 11.6 Å². The van der Waals surface area contributed by atoms with Crippen molar-refractivity contribution in [1.82, 2.24) is 5.32 Å². The molecule has 0 saturated carbocycles. The molecule has 0 radical (unpaired) electrons. The minimum absolute atomic E-state index is 0.361. The van der Waals surface area contributed by atoms with E-state index in [9.17, 15) is 13.2 Å². The van der Waals surface area contributed by atoms with Gasteiger partial charge in [0.2, 0.25) is 0 Å².